The maximum absolute atomic E-state index is 13.5. The molecule has 9 heteroatoms. The smallest absolute Gasteiger partial charge is 0.410 e. The number of ether oxygens (including phenoxy) is 1. The molecule has 3 heterocycles. The molecule has 2 atom stereocenters. The van der Waals surface area contributed by atoms with Gasteiger partial charge in [0.25, 0.3) is 0 Å². The van der Waals surface area contributed by atoms with Gasteiger partial charge in [0.1, 0.15) is 23.8 Å². The Morgan fingerprint density at radius 3 is 2.47 bits per heavy atom. The standard InChI is InChI=1S/C29H43N5O4/c1-28(2,3)38-27(37)34-7-4-5-23(34)26(36)33-8-6-21-22(16-33)31-17-32-25(21)30-15-24(35)29-12-18-9-19(13-29)11-20(10-18)14-29/h17-20,23-24,35H,4-16H2,1-3H3,(H,30,31,32)/t18?,19?,20?,23-,24?,29?/m0/s1. The molecule has 38 heavy (non-hydrogen) atoms. The van der Waals surface area contributed by atoms with Crippen LogP contribution in [0.25, 0.3) is 0 Å². The third-order valence-electron chi connectivity index (χ3n) is 9.74. The number of amides is 2. The number of carbonyl (C=O) groups excluding carboxylic acids is 2. The molecule has 0 aromatic carbocycles. The number of nitrogens with zero attached hydrogens (tertiary/aromatic N) is 4. The van der Waals surface area contributed by atoms with Crippen molar-refractivity contribution in [2.45, 2.75) is 103 Å². The Bertz CT molecular complexity index is 1050. The van der Waals surface area contributed by atoms with Crippen LogP contribution >= 0.6 is 0 Å². The fourth-order valence-electron chi connectivity index (χ4n) is 8.46. The van der Waals surface area contributed by atoms with Gasteiger partial charge in [-0.2, -0.15) is 0 Å². The summed E-state index contributed by atoms with van der Waals surface area (Å²) in [5.74, 6) is 3.15. The molecule has 1 aromatic heterocycles. The van der Waals surface area contributed by atoms with E-state index in [9.17, 15) is 14.7 Å². The van der Waals surface area contributed by atoms with Gasteiger partial charge in [-0.3, -0.25) is 9.69 Å². The van der Waals surface area contributed by atoms with Gasteiger partial charge in [-0.15, -0.1) is 0 Å². The summed E-state index contributed by atoms with van der Waals surface area (Å²) in [4.78, 5) is 38.6. The topological polar surface area (TPSA) is 108 Å². The van der Waals surface area contributed by atoms with Crippen molar-refractivity contribution in [1.82, 2.24) is 19.8 Å². The van der Waals surface area contributed by atoms with Crippen LogP contribution in [0.1, 0.15) is 83.4 Å². The first-order chi connectivity index (χ1) is 18.1. The van der Waals surface area contributed by atoms with Crippen LogP contribution in [0.5, 0.6) is 0 Å². The number of likely N-dealkylation sites (tertiary alicyclic amines) is 1. The Morgan fingerprint density at radius 1 is 1.13 bits per heavy atom. The van der Waals surface area contributed by atoms with Gasteiger partial charge in [-0.1, -0.05) is 0 Å². The van der Waals surface area contributed by atoms with Crippen molar-refractivity contribution >= 4 is 17.8 Å². The minimum Gasteiger partial charge on any atom is -0.444 e. The zero-order valence-electron chi connectivity index (χ0n) is 23.1. The van der Waals surface area contributed by atoms with E-state index in [2.05, 4.69) is 15.3 Å². The number of rotatable bonds is 5. The predicted molar refractivity (Wildman–Crippen MR) is 142 cm³/mol. The second-order valence-electron chi connectivity index (χ2n) is 13.7. The lowest BCUT2D eigenvalue weighted by Crippen LogP contribution is -2.53. The maximum atomic E-state index is 13.5. The average Bonchev–Trinajstić information content (AvgIpc) is 3.35. The van der Waals surface area contributed by atoms with Crippen molar-refractivity contribution < 1.29 is 19.4 Å². The molecule has 9 nitrogen and oxygen atoms in total. The zero-order chi connectivity index (χ0) is 26.7. The first kappa shape index (κ1) is 25.8. The minimum atomic E-state index is -0.596. The molecule has 0 radical (unpaired) electrons. The monoisotopic (exact) mass is 525 g/mol. The molecule has 7 rings (SSSR count). The van der Waals surface area contributed by atoms with Crippen LogP contribution in [0, 0.1) is 23.2 Å². The Kier molecular flexibility index (Phi) is 6.56. The number of hydrogen-bond donors (Lipinski definition) is 2. The van der Waals surface area contributed by atoms with Crippen molar-refractivity contribution in [3.8, 4) is 0 Å². The first-order valence-electron chi connectivity index (χ1n) is 14.6. The largest absolute Gasteiger partial charge is 0.444 e. The second kappa shape index (κ2) is 9.65. The number of hydrogen-bond acceptors (Lipinski definition) is 7. The van der Waals surface area contributed by atoms with E-state index in [1.807, 2.05) is 25.7 Å². The van der Waals surface area contributed by atoms with E-state index in [4.69, 9.17) is 4.74 Å². The molecule has 0 spiro atoms. The van der Waals surface area contributed by atoms with E-state index < -0.39 is 17.7 Å². The van der Waals surface area contributed by atoms with Gasteiger partial charge in [0.05, 0.1) is 18.3 Å². The highest BCUT2D eigenvalue weighted by atomic mass is 16.6. The van der Waals surface area contributed by atoms with Crippen molar-refractivity contribution in [2.75, 3.05) is 25.0 Å². The number of fused-ring (bicyclic) bond motifs is 1. The molecule has 2 aliphatic heterocycles. The van der Waals surface area contributed by atoms with Crippen LogP contribution in [0.15, 0.2) is 6.33 Å². The molecule has 4 saturated carbocycles. The lowest BCUT2D eigenvalue weighted by Gasteiger charge is -2.58. The van der Waals surface area contributed by atoms with Gasteiger partial charge in [-0.25, -0.2) is 14.8 Å². The Morgan fingerprint density at radius 2 is 1.82 bits per heavy atom. The third-order valence-corrected chi connectivity index (χ3v) is 9.74. The van der Waals surface area contributed by atoms with Crippen LogP contribution < -0.4 is 5.32 Å². The molecule has 4 bridgehead atoms. The van der Waals surface area contributed by atoms with E-state index >= 15 is 0 Å². The van der Waals surface area contributed by atoms with Crippen LogP contribution in [0.4, 0.5) is 10.6 Å². The molecule has 6 aliphatic rings. The van der Waals surface area contributed by atoms with E-state index in [1.165, 1.54) is 38.5 Å². The Hall–Kier alpha value is -2.42. The zero-order valence-corrected chi connectivity index (χ0v) is 23.1. The maximum Gasteiger partial charge on any atom is 0.410 e. The van der Waals surface area contributed by atoms with Gasteiger partial charge < -0.3 is 20.1 Å². The summed E-state index contributed by atoms with van der Waals surface area (Å²) in [6.07, 6.45) is 10.5. The molecule has 208 valence electrons. The van der Waals surface area contributed by atoms with Crippen molar-refractivity contribution in [2.24, 2.45) is 23.2 Å². The molecule has 2 N–H and O–H groups in total. The summed E-state index contributed by atoms with van der Waals surface area (Å²) in [5.41, 5.74) is 1.35. The van der Waals surface area contributed by atoms with Gasteiger partial charge in [0.15, 0.2) is 0 Å². The van der Waals surface area contributed by atoms with E-state index in [1.54, 1.807) is 11.2 Å². The second-order valence-corrected chi connectivity index (χ2v) is 13.7. The molecule has 2 amide bonds. The third kappa shape index (κ3) is 4.87. The molecule has 1 aromatic rings. The van der Waals surface area contributed by atoms with Gasteiger partial charge >= 0.3 is 6.09 Å². The van der Waals surface area contributed by atoms with Crippen molar-refractivity contribution in [3.63, 3.8) is 0 Å². The molecule has 4 aliphatic carbocycles. The lowest BCUT2D eigenvalue weighted by molar-refractivity contribution is -0.137. The number of aromatic nitrogens is 2. The summed E-state index contributed by atoms with van der Waals surface area (Å²) >= 11 is 0. The predicted octanol–water partition coefficient (Wildman–Crippen LogP) is 3.75. The summed E-state index contributed by atoms with van der Waals surface area (Å²) < 4.78 is 5.55. The molecule has 1 unspecified atom stereocenters. The van der Waals surface area contributed by atoms with Gasteiger partial charge in [0, 0.05) is 25.2 Å². The summed E-state index contributed by atoms with van der Waals surface area (Å²) in [5, 5.41) is 14.8. The van der Waals surface area contributed by atoms with Crippen molar-refractivity contribution in [3.05, 3.63) is 17.6 Å². The van der Waals surface area contributed by atoms with Crippen LogP contribution in [0.3, 0.4) is 0 Å². The molecular formula is C29H43N5O4. The Balaban J connectivity index is 1.09. The normalized spacial score (nSPS) is 32.7. The van der Waals surface area contributed by atoms with E-state index in [0.29, 0.717) is 39.0 Å². The molecular weight excluding hydrogens is 482 g/mol. The first-order valence-corrected chi connectivity index (χ1v) is 14.6. The number of aliphatic hydroxyl groups is 1. The van der Waals surface area contributed by atoms with Gasteiger partial charge in [-0.05, 0) is 102 Å². The van der Waals surface area contributed by atoms with E-state index in [-0.39, 0.29) is 17.4 Å². The quantitative estimate of drug-likeness (QED) is 0.603. The fourth-order valence-corrected chi connectivity index (χ4v) is 8.46. The number of carbonyl (C=O) groups is 2. The molecule has 5 fully saturated rings. The number of aliphatic hydroxyl groups excluding tert-OH is 1. The summed E-state index contributed by atoms with van der Waals surface area (Å²) in [6.45, 7) is 7.53. The minimum absolute atomic E-state index is 0.0376. The molecule has 1 saturated heterocycles. The highest BCUT2D eigenvalue weighted by molar-refractivity contribution is 5.86. The van der Waals surface area contributed by atoms with Crippen LogP contribution in [-0.2, 0) is 22.5 Å². The average molecular weight is 526 g/mol. The number of anilines is 1. The Labute approximate surface area is 225 Å². The number of nitrogens with one attached hydrogen (secondary N) is 1. The highest BCUT2D eigenvalue weighted by Gasteiger charge is 2.54. The van der Waals surface area contributed by atoms with Crippen molar-refractivity contribution in [1.29, 1.82) is 0 Å². The summed E-state index contributed by atoms with van der Waals surface area (Å²) in [7, 11) is 0. The van der Waals surface area contributed by atoms with Crippen LogP contribution in [-0.4, -0.2) is 74.3 Å². The fraction of sp³-hybridized carbons (Fsp3) is 0.793. The lowest BCUT2D eigenvalue weighted by atomic mass is 9.48. The van der Waals surface area contributed by atoms with Gasteiger partial charge in [0.2, 0.25) is 5.91 Å². The highest BCUT2D eigenvalue weighted by Crippen LogP contribution is 2.61. The summed E-state index contributed by atoms with van der Waals surface area (Å²) in [6, 6.07) is -0.485. The van der Waals surface area contributed by atoms with E-state index in [0.717, 1.165) is 41.2 Å². The van der Waals surface area contributed by atoms with Crippen LogP contribution in [0.2, 0.25) is 0 Å². The SMILES string of the molecule is CC(C)(C)OC(=O)N1CCC[C@H]1C(=O)N1CCc2c(ncnc2NCC(O)C23CC4CC(CC(C4)C2)C3)C1.